The van der Waals surface area contributed by atoms with Crippen LogP contribution in [0.5, 0.6) is 5.75 Å². The number of ether oxygens (including phenoxy) is 1. The first-order valence-electron chi connectivity index (χ1n) is 6.66. The van der Waals surface area contributed by atoms with Gasteiger partial charge in [-0.05, 0) is 37.7 Å². The summed E-state index contributed by atoms with van der Waals surface area (Å²) in [6, 6.07) is 8.26. The molecule has 102 valence electrons. The molecule has 0 aliphatic rings. The van der Waals surface area contributed by atoms with Crippen LogP contribution in [-0.2, 0) is 6.54 Å². The van der Waals surface area contributed by atoms with Crippen molar-refractivity contribution in [1.29, 1.82) is 0 Å². The van der Waals surface area contributed by atoms with Crippen molar-refractivity contribution in [3.8, 4) is 5.75 Å². The molecule has 0 amide bonds. The van der Waals surface area contributed by atoms with Crippen LogP contribution in [0.3, 0.4) is 0 Å². The molecule has 0 unspecified atom stereocenters. The highest BCUT2D eigenvalue weighted by molar-refractivity contribution is 5.28. The molecule has 0 fully saturated rings. The Balaban J connectivity index is 2.32. The number of likely N-dealkylation sites (N-methyl/N-ethyl adjacent to an activating group) is 1. The molecule has 0 atom stereocenters. The molecular weight excluding hydrogens is 224 g/mol. The zero-order valence-electron chi connectivity index (χ0n) is 12.1. The van der Waals surface area contributed by atoms with Gasteiger partial charge in [0.15, 0.2) is 0 Å². The molecule has 0 aliphatic heterocycles. The molecule has 0 aromatic heterocycles. The minimum Gasteiger partial charge on any atom is -0.492 e. The summed E-state index contributed by atoms with van der Waals surface area (Å²) in [6.45, 7) is 8.17. The van der Waals surface area contributed by atoms with Crippen LogP contribution in [0.2, 0.25) is 0 Å². The second-order valence-electron chi connectivity index (χ2n) is 5.18. The second kappa shape index (κ2) is 8.11. The normalized spacial score (nSPS) is 11.2. The molecule has 0 spiro atoms. The molecule has 0 aliphatic carbocycles. The molecule has 3 heteroatoms. The Morgan fingerprint density at radius 1 is 1.33 bits per heavy atom. The first-order chi connectivity index (χ1) is 8.61. The average molecular weight is 250 g/mol. The largest absolute Gasteiger partial charge is 0.492 e. The molecule has 1 aromatic carbocycles. The highest BCUT2D eigenvalue weighted by atomic mass is 16.5. The summed E-state index contributed by atoms with van der Waals surface area (Å²) in [6.07, 6.45) is 0. The molecule has 1 aromatic rings. The van der Waals surface area contributed by atoms with E-state index in [4.69, 9.17) is 4.74 Å². The van der Waals surface area contributed by atoms with Crippen molar-refractivity contribution >= 4 is 0 Å². The number of nitrogens with one attached hydrogen (secondary N) is 1. The van der Waals surface area contributed by atoms with Crippen LogP contribution in [0.4, 0.5) is 0 Å². The number of nitrogens with zero attached hydrogens (tertiary/aromatic N) is 1. The minimum absolute atomic E-state index is 0.703. The standard InChI is InChI=1S/C15H26N2O/c1-13(2)12-17(4)8-9-18-15-7-5-6-14(10-15)11-16-3/h5-7,10,13,16H,8-9,11-12H2,1-4H3. The zero-order valence-corrected chi connectivity index (χ0v) is 12.1. The predicted octanol–water partition coefficient (Wildman–Crippen LogP) is 2.37. The first kappa shape index (κ1) is 15.0. The van der Waals surface area contributed by atoms with Crippen molar-refractivity contribution in [2.24, 2.45) is 5.92 Å². The Morgan fingerprint density at radius 3 is 2.78 bits per heavy atom. The van der Waals surface area contributed by atoms with E-state index < -0.39 is 0 Å². The van der Waals surface area contributed by atoms with Crippen molar-refractivity contribution in [2.75, 3.05) is 33.8 Å². The smallest absolute Gasteiger partial charge is 0.119 e. The minimum atomic E-state index is 0.703. The van der Waals surface area contributed by atoms with Gasteiger partial charge >= 0.3 is 0 Å². The third-order valence-corrected chi connectivity index (χ3v) is 2.70. The SMILES string of the molecule is CNCc1cccc(OCCN(C)CC(C)C)c1. The van der Waals surface area contributed by atoms with Crippen LogP contribution in [0, 0.1) is 5.92 Å². The van der Waals surface area contributed by atoms with Gasteiger partial charge in [-0.15, -0.1) is 0 Å². The lowest BCUT2D eigenvalue weighted by Gasteiger charge is -2.19. The van der Waals surface area contributed by atoms with Gasteiger partial charge in [-0.25, -0.2) is 0 Å². The lowest BCUT2D eigenvalue weighted by atomic mass is 10.2. The zero-order chi connectivity index (χ0) is 13.4. The van der Waals surface area contributed by atoms with E-state index in [1.54, 1.807) is 0 Å². The second-order valence-corrected chi connectivity index (χ2v) is 5.18. The maximum absolute atomic E-state index is 5.78. The van der Waals surface area contributed by atoms with Crippen molar-refractivity contribution in [1.82, 2.24) is 10.2 Å². The van der Waals surface area contributed by atoms with Crippen molar-refractivity contribution in [3.05, 3.63) is 29.8 Å². The first-order valence-corrected chi connectivity index (χ1v) is 6.66. The van der Waals surface area contributed by atoms with Gasteiger partial charge in [0.05, 0.1) is 0 Å². The Bertz CT molecular complexity index is 339. The quantitative estimate of drug-likeness (QED) is 0.766. The van der Waals surface area contributed by atoms with Gasteiger partial charge in [0.1, 0.15) is 12.4 Å². The van der Waals surface area contributed by atoms with Gasteiger partial charge in [-0.3, -0.25) is 0 Å². The summed E-state index contributed by atoms with van der Waals surface area (Å²) in [4.78, 5) is 2.31. The van der Waals surface area contributed by atoms with Gasteiger partial charge in [0.25, 0.3) is 0 Å². The molecule has 0 saturated carbocycles. The van der Waals surface area contributed by atoms with Crippen LogP contribution in [-0.4, -0.2) is 38.7 Å². The number of hydrogen-bond acceptors (Lipinski definition) is 3. The Labute approximate surface area is 111 Å². The molecule has 0 radical (unpaired) electrons. The summed E-state index contributed by atoms with van der Waals surface area (Å²) >= 11 is 0. The fourth-order valence-electron chi connectivity index (χ4n) is 1.98. The Kier molecular flexibility index (Phi) is 6.76. The average Bonchev–Trinajstić information content (AvgIpc) is 2.29. The van der Waals surface area contributed by atoms with E-state index in [2.05, 4.69) is 43.2 Å². The van der Waals surface area contributed by atoms with Gasteiger partial charge in [-0.2, -0.15) is 0 Å². The molecule has 3 nitrogen and oxygen atoms in total. The van der Waals surface area contributed by atoms with E-state index in [9.17, 15) is 0 Å². The van der Waals surface area contributed by atoms with Crippen LogP contribution >= 0.6 is 0 Å². The summed E-state index contributed by atoms with van der Waals surface area (Å²) < 4.78 is 5.78. The Hall–Kier alpha value is -1.06. The van der Waals surface area contributed by atoms with Crippen molar-refractivity contribution in [3.63, 3.8) is 0 Å². The third-order valence-electron chi connectivity index (χ3n) is 2.70. The van der Waals surface area contributed by atoms with Crippen LogP contribution in [0.25, 0.3) is 0 Å². The van der Waals surface area contributed by atoms with E-state index in [-0.39, 0.29) is 0 Å². The van der Waals surface area contributed by atoms with Crippen molar-refractivity contribution < 1.29 is 4.74 Å². The van der Waals surface area contributed by atoms with Crippen LogP contribution in [0.15, 0.2) is 24.3 Å². The monoisotopic (exact) mass is 250 g/mol. The third kappa shape index (κ3) is 6.03. The molecule has 0 heterocycles. The highest BCUT2D eigenvalue weighted by Crippen LogP contribution is 2.13. The van der Waals surface area contributed by atoms with E-state index in [0.29, 0.717) is 5.92 Å². The van der Waals surface area contributed by atoms with E-state index in [1.807, 2.05) is 19.2 Å². The van der Waals surface area contributed by atoms with Crippen LogP contribution in [0.1, 0.15) is 19.4 Å². The maximum Gasteiger partial charge on any atom is 0.119 e. The van der Waals surface area contributed by atoms with Gasteiger partial charge in [0, 0.05) is 19.6 Å². The molecule has 18 heavy (non-hydrogen) atoms. The number of hydrogen-bond donors (Lipinski definition) is 1. The van der Waals surface area contributed by atoms with Gasteiger partial charge in [0.2, 0.25) is 0 Å². The molecular formula is C15H26N2O. The summed E-state index contributed by atoms with van der Waals surface area (Å²) in [5, 5.41) is 3.14. The van der Waals surface area contributed by atoms with E-state index in [1.165, 1.54) is 5.56 Å². The summed E-state index contributed by atoms with van der Waals surface area (Å²) in [5.41, 5.74) is 1.26. The lowest BCUT2D eigenvalue weighted by molar-refractivity contribution is 0.222. The van der Waals surface area contributed by atoms with Gasteiger partial charge in [-0.1, -0.05) is 26.0 Å². The predicted molar refractivity (Wildman–Crippen MR) is 77.0 cm³/mol. The highest BCUT2D eigenvalue weighted by Gasteiger charge is 2.02. The van der Waals surface area contributed by atoms with E-state index >= 15 is 0 Å². The summed E-state index contributed by atoms with van der Waals surface area (Å²) in [7, 11) is 4.09. The molecule has 0 bridgehead atoms. The Morgan fingerprint density at radius 2 is 2.11 bits per heavy atom. The number of rotatable bonds is 8. The van der Waals surface area contributed by atoms with E-state index in [0.717, 1.165) is 32.0 Å². The fourth-order valence-corrected chi connectivity index (χ4v) is 1.98. The number of benzene rings is 1. The lowest BCUT2D eigenvalue weighted by Crippen LogP contribution is -2.27. The topological polar surface area (TPSA) is 24.5 Å². The van der Waals surface area contributed by atoms with Crippen molar-refractivity contribution in [2.45, 2.75) is 20.4 Å². The fraction of sp³-hybridized carbons (Fsp3) is 0.600. The summed E-state index contributed by atoms with van der Waals surface area (Å²) in [5.74, 6) is 1.66. The van der Waals surface area contributed by atoms with Crippen LogP contribution < -0.4 is 10.1 Å². The maximum atomic E-state index is 5.78. The molecule has 0 saturated heterocycles. The van der Waals surface area contributed by atoms with Gasteiger partial charge < -0.3 is 15.0 Å². The molecule has 1 rings (SSSR count). The molecule has 1 N–H and O–H groups in total.